The fourth-order valence-electron chi connectivity index (χ4n) is 2.19. The first-order valence-corrected chi connectivity index (χ1v) is 10.3. The summed E-state index contributed by atoms with van der Waals surface area (Å²) in [7, 11) is -2.51. The molecule has 0 heterocycles. The standard InChI is InChI=1S/C18H27N3O6S/c1-12(2)9-15(18(24)27-11-17(23)20-10-16(22)19-4)21-28(25,26)14-7-5-13(3)6-8-14/h5-8,12,15,21H,9-11H2,1-4H3,(H,19,22)(H,20,23)/t15-/m1/s1. The fourth-order valence-corrected chi connectivity index (χ4v) is 3.39. The maximum atomic E-state index is 12.5. The lowest BCUT2D eigenvalue weighted by atomic mass is 10.1. The Morgan fingerprint density at radius 3 is 2.21 bits per heavy atom. The van der Waals surface area contributed by atoms with E-state index in [-0.39, 0.29) is 23.8 Å². The van der Waals surface area contributed by atoms with Crippen LogP contribution >= 0.6 is 0 Å². The Labute approximate surface area is 165 Å². The maximum absolute atomic E-state index is 12.5. The number of aryl methyl sites for hydroxylation is 1. The van der Waals surface area contributed by atoms with Gasteiger partial charge in [-0.15, -0.1) is 0 Å². The number of likely N-dealkylation sites (N-methyl/N-ethyl adjacent to an activating group) is 1. The molecular weight excluding hydrogens is 386 g/mol. The van der Waals surface area contributed by atoms with Crippen LogP contribution in [-0.4, -0.2) is 52.4 Å². The molecule has 0 saturated carbocycles. The summed E-state index contributed by atoms with van der Waals surface area (Å²) >= 11 is 0. The Morgan fingerprint density at radius 1 is 1.07 bits per heavy atom. The van der Waals surface area contributed by atoms with Gasteiger partial charge in [0, 0.05) is 7.05 Å². The van der Waals surface area contributed by atoms with Crippen LogP contribution in [0.5, 0.6) is 0 Å². The summed E-state index contributed by atoms with van der Waals surface area (Å²) < 4.78 is 32.4. The summed E-state index contributed by atoms with van der Waals surface area (Å²) in [6.45, 7) is 4.63. The molecule has 0 spiro atoms. The van der Waals surface area contributed by atoms with Gasteiger partial charge in [-0.3, -0.25) is 14.4 Å². The third kappa shape index (κ3) is 8.05. The minimum Gasteiger partial charge on any atom is -0.454 e. The highest BCUT2D eigenvalue weighted by atomic mass is 32.2. The molecule has 2 amide bonds. The number of carbonyl (C=O) groups is 3. The normalized spacial score (nSPS) is 12.3. The lowest BCUT2D eigenvalue weighted by Gasteiger charge is -2.19. The molecular formula is C18H27N3O6S. The first-order valence-electron chi connectivity index (χ1n) is 8.78. The van der Waals surface area contributed by atoms with E-state index in [1.165, 1.54) is 19.2 Å². The Balaban J connectivity index is 2.75. The van der Waals surface area contributed by atoms with Crippen LogP contribution in [-0.2, 0) is 29.1 Å². The van der Waals surface area contributed by atoms with Gasteiger partial charge in [-0.1, -0.05) is 31.5 Å². The minimum atomic E-state index is -3.93. The number of rotatable bonds is 10. The lowest BCUT2D eigenvalue weighted by molar-refractivity contribution is -0.150. The number of amides is 2. The molecule has 1 aromatic rings. The molecule has 10 heteroatoms. The molecule has 156 valence electrons. The number of hydrogen-bond acceptors (Lipinski definition) is 6. The van der Waals surface area contributed by atoms with Crippen LogP contribution in [0.1, 0.15) is 25.8 Å². The number of nitrogens with one attached hydrogen (secondary N) is 3. The second-order valence-corrected chi connectivity index (χ2v) is 8.39. The Morgan fingerprint density at radius 2 is 1.68 bits per heavy atom. The molecule has 0 radical (unpaired) electrons. The summed E-state index contributed by atoms with van der Waals surface area (Å²) in [4.78, 5) is 35.1. The zero-order chi connectivity index (χ0) is 21.3. The van der Waals surface area contributed by atoms with E-state index >= 15 is 0 Å². The van der Waals surface area contributed by atoms with Crippen molar-refractivity contribution < 1.29 is 27.5 Å². The van der Waals surface area contributed by atoms with E-state index in [0.717, 1.165) is 5.56 Å². The topological polar surface area (TPSA) is 131 Å². The van der Waals surface area contributed by atoms with Crippen LogP contribution in [0.3, 0.4) is 0 Å². The summed E-state index contributed by atoms with van der Waals surface area (Å²) in [5.41, 5.74) is 0.903. The van der Waals surface area contributed by atoms with Crippen LogP contribution in [0, 0.1) is 12.8 Å². The molecule has 0 bridgehead atoms. The highest BCUT2D eigenvalue weighted by Crippen LogP contribution is 2.14. The molecule has 1 aromatic carbocycles. The molecule has 0 unspecified atom stereocenters. The quantitative estimate of drug-likeness (QED) is 0.466. The Bertz CT molecular complexity index is 790. The van der Waals surface area contributed by atoms with E-state index in [0.29, 0.717) is 0 Å². The molecule has 0 aliphatic rings. The van der Waals surface area contributed by atoms with E-state index in [4.69, 9.17) is 4.74 Å². The van der Waals surface area contributed by atoms with Crippen molar-refractivity contribution in [2.45, 2.75) is 38.1 Å². The van der Waals surface area contributed by atoms with Gasteiger partial charge in [-0.05, 0) is 31.4 Å². The molecule has 0 aliphatic carbocycles. The van der Waals surface area contributed by atoms with Gasteiger partial charge >= 0.3 is 5.97 Å². The van der Waals surface area contributed by atoms with Crippen molar-refractivity contribution >= 4 is 27.8 Å². The van der Waals surface area contributed by atoms with Crippen molar-refractivity contribution in [2.75, 3.05) is 20.2 Å². The smallest absolute Gasteiger partial charge is 0.324 e. The van der Waals surface area contributed by atoms with Crippen molar-refractivity contribution in [1.82, 2.24) is 15.4 Å². The van der Waals surface area contributed by atoms with Crippen molar-refractivity contribution in [2.24, 2.45) is 5.92 Å². The van der Waals surface area contributed by atoms with E-state index < -0.39 is 40.5 Å². The molecule has 0 aliphatic heterocycles. The minimum absolute atomic E-state index is 0.000319. The molecule has 9 nitrogen and oxygen atoms in total. The van der Waals surface area contributed by atoms with E-state index in [1.54, 1.807) is 12.1 Å². The highest BCUT2D eigenvalue weighted by Gasteiger charge is 2.28. The first kappa shape index (κ1) is 23.6. The predicted molar refractivity (Wildman–Crippen MR) is 103 cm³/mol. The van der Waals surface area contributed by atoms with Crippen molar-refractivity contribution in [3.63, 3.8) is 0 Å². The average Bonchev–Trinajstić information content (AvgIpc) is 2.63. The van der Waals surface area contributed by atoms with Crippen LogP contribution in [0.15, 0.2) is 29.2 Å². The predicted octanol–water partition coefficient (Wildman–Crippen LogP) is 0.0934. The zero-order valence-corrected chi connectivity index (χ0v) is 17.3. The molecule has 3 N–H and O–H groups in total. The van der Waals surface area contributed by atoms with Gasteiger partial charge in [-0.25, -0.2) is 8.42 Å². The number of benzene rings is 1. The number of sulfonamides is 1. The summed E-state index contributed by atoms with van der Waals surface area (Å²) in [6.07, 6.45) is 0.198. The third-order valence-electron chi connectivity index (χ3n) is 3.69. The second kappa shape index (κ2) is 10.8. The van der Waals surface area contributed by atoms with Gasteiger partial charge in [0.2, 0.25) is 15.9 Å². The van der Waals surface area contributed by atoms with Gasteiger partial charge in [0.15, 0.2) is 6.61 Å². The summed E-state index contributed by atoms with van der Waals surface area (Å²) in [5.74, 6) is -1.93. The number of ether oxygens (including phenoxy) is 1. The lowest BCUT2D eigenvalue weighted by Crippen LogP contribution is -2.44. The van der Waals surface area contributed by atoms with Crippen LogP contribution in [0.2, 0.25) is 0 Å². The van der Waals surface area contributed by atoms with Gasteiger partial charge in [0.05, 0.1) is 11.4 Å². The van der Waals surface area contributed by atoms with E-state index in [2.05, 4.69) is 15.4 Å². The van der Waals surface area contributed by atoms with E-state index in [9.17, 15) is 22.8 Å². The van der Waals surface area contributed by atoms with Crippen LogP contribution < -0.4 is 15.4 Å². The molecule has 28 heavy (non-hydrogen) atoms. The van der Waals surface area contributed by atoms with Gasteiger partial charge in [-0.2, -0.15) is 4.72 Å². The second-order valence-electron chi connectivity index (χ2n) is 6.67. The van der Waals surface area contributed by atoms with Gasteiger partial charge in [0.1, 0.15) is 6.04 Å². The molecule has 1 rings (SSSR count). The molecule has 1 atom stereocenters. The monoisotopic (exact) mass is 413 g/mol. The SMILES string of the molecule is CNC(=O)CNC(=O)COC(=O)[C@@H](CC(C)C)NS(=O)(=O)c1ccc(C)cc1. The van der Waals surface area contributed by atoms with Gasteiger partial charge in [0.25, 0.3) is 5.91 Å². The fraction of sp³-hybridized carbons (Fsp3) is 0.500. The zero-order valence-electron chi connectivity index (χ0n) is 16.4. The maximum Gasteiger partial charge on any atom is 0.324 e. The highest BCUT2D eigenvalue weighted by molar-refractivity contribution is 7.89. The summed E-state index contributed by atoms with van der Waals surface area (Å²) in [5, 5.41) is 4.61. The molecule has 0 aromatic heterocycles. The van der Waals surface area contributed by atoms with Crippen molar-refractivity contribution in [3.05, 3.63) is 29.8 Å². The Hall–Kier alpha value is -2.46. The van der Waals surface area contributed by atoms with Crippen LogP contribution in [0.25, 0.3) is 0 Å². The molecule has 0 saturated heterocycles. The average molecular weight is 413 g/mol. The van der Waals surface area contributed by atoms with Crippen molar-refractivity contribution in [1.29, 1.82) is 0 Å². The van der Waals surface area contributed by atoms with Crippen molar-refractivity contribution in [3.8, 4) is 0 Å². The van der Waals surface area contributed by atoms with E-state index in [1.807, 2.05) is 20.8 Å². The third-order valence-corrected chi connectivity index (χ3v) is 5.18. The van der Waals surface area contributed by atoms with Crippen LogP contribution in [0.4, 0.5) is 0 Å². The van der Waals surface area contributed by atoms with Gasteiger partial charge < -0.3 is 15.4 Å². The number of carbonyl (C=O) groups excluding carboxylic acids is 3. The number of esters is 1. The summed E-state index contributed by atoms with van der Waals surface area (Å²) in [6, 6.07) is 5.06. The number of hydrogen-bond donors (Lipinski definition) is 3. The Kier molecular flexibility index (Phi) is 9.07. The first-order chi connectivity index (χ1) is 13.0. The molecule has 0 fully saturated rings. The largest absolute Gasteiger partial charge is 0.454 e.